The van der Waals surface area contributed by atoms with Crippen LogP contribution in [0.1, 0.15) is 90.7 Å². The minimum absolute atomic E-state index is 0.232. The van der Waals surface area contributed by atoms with Crippen LogP contribution in [0, 0.1) is 17.8 Å². The van der Waals surface area contributed by atoms with Crippen LogP contribution < -0.4 is 5.32 Å². The van der Waals surface area contributed by atoms with E-state index in [9.17, 15) is 0 Å². The standard InChI is InChI=1S/C30H41N/c1-20-9-11-22-19-27(24(22)16-10-20)31-23-14-12-21(13-15-23)25-7-6-8-26-28(25)30(4,5)18-17-29(26,2)3/h6-8,12-15,20,22,24,27,31H,9-11,16-19H2,1-5H3. The van der Waals surface area contributed by atoms with E-state index in [-0.39, 0.29) is 10.8 Å². The number of benzene rings is 2. The van der Waals surface area contributed by atoms with E-state index in [4.69, 9.17) is 0 Å². The Morgan fingerprint density at radius 3 is 2.29 bits per heavy atom. The highest BCUT2D eigenvalue weighted by molar-refractivity contribution is 5.73. The maximum atomic E-state index is 3.89. The van der Waals surface area contributed by atoms with Gasteiger partial charge in [0.2, 0.25) is 0 Å². The van der Waals surface area contributed by atoms with E-state index in [2.05, 4.69) is 82.4 Å². The quantitative estimate of drug-likeness (QED) is 0.531. The number of hydrogen-bond donors (Lipinski definition) is 1. The Bertz CT molecular complexity index is 935. The molecule has 0 aromatic heterocycles. The van der Waals surface area contributed by atoms with Gasteiger partial charge in [0.15, 0.2) is 0 Å². The van der Waals surface area contributed by atoms with Gasteiger partial charge in [-0.05, 0) is 95.1 Å². The summed E-state index contributed by atoms with van der Waals surface area (Å²) < 4.78 is 0. The Kier molecular flexibility index (Phi) is 5.23. The number of hydrogen-bond acceptors (Lipinski definition) is 1. The molecule has 2 aromatic rings. The second kappa shape index (κ2) is 7.68. The molecule has 31 heavy (non-hydrogen) atoms. The van der Waals surface area contributed by atoms with Crippen molar-refractivity contribution in [2.45, 2.75) is 96.4 Å². The zero-order valence-corrected chi connectivity index (χ0v) is 20.3. The Hall–Kier alpha value is -1.76. The zero-order valence-electron chi connectivity index (χ0n) is 20.3. The summed E-state index contributed by atoms with van der Waals surface area (Å²) in [5.41, 5.74) is 7.71. The third kappa shape index (κ3) is 3.83. The lowest BCUT2D eigenvalue weighted by Gasteiger charge is -2.45. The average molecular weight is 416 g/mol. The van der Waals surface area contributed by atoms with Gasteiger partial charge in [-0.3, -0.25) is 0 Å². The van der Waals surface area contributed by atoms with E-state index in [0.717, 1.165) is 17.8 Å². The first-order valence-corrected chi connectivity index (χ1v) is 12.8. The van der Waals surface area contributed by atoms with Gasteiger partial charge in [-0.2, -0.15) is 0 Å². The van der Waals surface area contributed by atoms with E-state index in [1.54, 1.807) is 11.1 Å². The maximum Gasteiger partial charge on any atom is 0.0342 e. The maximum absolute atomic E-state index is 3.89. The predicted molar refractivity (Wildman–Crippen MR) is 134 cm³/mol. The van der Waals surface area contributed by atoms with Gasteiger partial charge in [0, 0.05) is 11.7 Å². The fourth-order valence-corrected chi connectivity index (χ4v) is 6.79. The molecule has 3 aliphatic carbocycles. The highest BCUT2D eigenvalue weighted by Crippen LogP contribution is 2.50. The molecule has 2 aromatic carbocycles. The fraction of sp³-hybridized carbons (Fsp3) is 0.600. The van der Waals surface area contributed by atoms with Crippen molar-refractivity contribution in [1.82, 2.24) is 0 Å². The van der Waals surface area contributed by atoms with Gasteiger partial charge in [-0.15, -0.1) is 0 Å². The molecule has 0 spiro atoms. The Balaban J connectivity index is 1.37. The van der Waals surface area contributed by atoms with Crippen LogP contribution in [0.25, 0.3) is 11.1 Å². The molecule has 0 saturated heterocycles. The molecule has 1 heteroatoms. The molecular formula is C30H41N. The minimum Gasteiger partial charge on any atom is -0.382 e. The van der Waals surface area contributed by atoms with E-state index >= 15 is 0 Å². The number of rotatable bonds is 3. The fourth-order valence-electron chi connectivity index (χ4n) is 6.79. The zero-order chi connectivity index (χ0) is 21.8. The van der Waals surface area contributed by atoms with Gasteiger partial charge in [0.25, 0.3) is 0 Å². The third-order valence-electron chi connectivity index (χ3n) is 9.10. The molecule has 166 valence electrons. The molecule has 2 saturated carbocycles. The molecular weight excluding hydrogens is 374 g/mol. The van der Waals surface area contributed by atoms with E-state index in [1.165, 1.54) is 61.8 Å². The molecule has 0 amide bonds. The van der Waals surface area contributed by atoms with Gasteiger partial charge in [-0.25, -0.2) is 0 Å². The molecule has 4 unspecified atom stereocenters. The first-order valence-electron chi connectivity index (χ1n) is 12.8. The number of nitrogens with one attached hydrogen (secondary N) is 1. The normalized spacial score (nSPS) is 31.0. The smallest absolute Gasteiger partial charge is 0.0342 e. The van der Waals surface area contributed by atoms with Crippen molar-refractivity contribution < 1.29 is 0 Å². The summed E-state index contributed by atoms with van der Waals surface area (Å²) in [6.07, 6.45) is 9.63. The highest BCUT2D eigenvalue weighted by atomic mass is 14.9. The average Bonchev–Trinajstić information content (AvgIpc) is 2.88. The molecule has 2 fully saturated rings. The second-order valence-corrected chi connectivity index (χ2v) is 12.2. The lowest BCUT2D eigenvalue weighted by atomic mass is 9.61. The van der Waals surface area contributed by atoms with Crippen LogP contribution in [-0.2, 0) is 10.8 Å². The predicted octanol–water partition coefficient (Wildman–Crippen LogP) is 8.33. The van der Waals surface area contributed by atoms with Crippen LogP contribution in [0.15, 0.2) is 42.5 Å². The van der Waals surface area contributed by atoms with Crippen molar-refractivity contribution >= 4 is 5.69 Å². The minimum atomic E-state index is 0.232. The third-order valence-corrected chi connectivity index (χ3v) is 9.10. The summed E-state index contributed by atoms with van der Waals surface area (Å²) in [4.78, 5) is 0. The molecule has 0 aliphatic heterocycles. The van der Waals surface area contributed by atoms with Crippen molar-refractivity contribution in [2.75, 3.05) is 5.32 Å². The van der Waals surface area contributed by atoms with Gasteiger partial charge in [-0.1, -0.05) is 77.8 Å². The van der Waals surface area contributed by atoms with Gasteiger partial charge >= 0.3 is 0 Å². The molecule has 5 rings (SSSR count). The summed E-state index contributed by atoms with van der Waals surface area (Å²) in [6.45, 7) is 12.1. The first-order chi connectivity index (χ1) is 14.7. The van der Waals surface area contributed by atoms with Crippen molar-refractivity contribution in [3.05, 3.63) is 53.6 Å². The lowest BCUT2D eigenvalue weighted by Crippen LogP contribution is -2.45. The molecule has 1 N–H and O–H groups in total. The Labute approximate surface area is 190 Å². The van der Waals surface area contributed by atoms with Gasteiger partial charge < -0.3 is 5.32 Å². The Morgan fingerprint density at radius 2 is 1.52 bits per heavy atom. The van der Waals surface area contributed by atoms with Crippen molar-refractivity contribution in [2.24, 2.45) is 17.8 Å². The van der Waals surface area contributed by atoms with Crippen molar-refractivity contribution in [1.29, 1.82) is 0 Å². The molecule has 0 bridgehead atoms. The van der Waals surface area contributed by atoms with E-state index < -0.39 is 0 Å². The molecule has 0 radical (unpaired) electrons. The van der Waals surface area contributed by atoms with Crippen molar-refractivity contribution in [3.63, 3.8) is 0 Å². The van der Waals surface area contributed by atoms with Crippen LogP contribution in [-0.4, -0.2) is 6.04 Å². The number of anilines is 1. The van der Waals surface area contributed by atoms with Gasteiger partial charge in [0.05, 0.1) is 0 Å². The molecule has 4 atom stereocenters. The topological polar surface area (TPSA) is 12.0 Å². The Morgan fingerprint density at radius 1 is 0.806 bits per heavy atom. The largest absolute Gasteiger partial charge is 0.382 e. The molecule has 3 aliphatic rings. The second-order valence-electron chi connectivity index (χ2n) is 12.2. The van der Waals surface area contributed by atoms with E-state index in [0.29, 0.717) is 6.04 Å². The summed E-state index contributed by atoms with van der Waals surface area (Å²) in [6, 6.07) is 17.0. The first kappa shape index (κ1) is 21.1. The van der Waals surface area contributed by atoms with Crippen LogP contribution in [0.4, 0.5) is 5.69 Å². The SMILES string of the molecule is CC1CCC2CC(Nc3ccc(-c4cccc5c4C(C)(C)CCC5(C)C)cc3)C2CC1. The monoisotopic (exact) mass is 415 g/mol. The molecule has 1 nitrogen and oxygen atoms in total. The summed E-state index contributed by atoms with van der Waals surface area (Å²) >= 11 is 0. The van der Waals surface area contributed by atoms with Crippen molar-refractivity contribution in [3.8, 4) is 11.1 Å². The van der Waals surface area contributed by atoms with Crippen LogP contribution in [0.3, 0.4) is 0 Å². The molecule has 0 heterocycles. The lowest BCUT2D eigenvalue weighted by molar-refractivity contribution is 0.140. The van der Waals surface area contributed by atoms with Gasteiger partial charge in [0.1, 0.15) is 0 Å². The van der Waals surface area contributed by atoms with Crippen LogP contribution in [0.2, 0.25) is 0 Å². The summed E-state index contributed by atoms with van der Waals surface area (Å²) in [5, 5.41) is 3.89. The number of fused-ring (bicyclic) bond motifs is 2. The highest BCUT2D eigenvalue weighted by Gasteiger charge is 2.42. The summed E-state index contributed by atoms with van der Waals surface area (Å²) in [5.74, 6) is 2.80. The summed E-state index contributed by atoms with van der Waals surface area (Å²) in [7, 11) is 0. The van der Waals surface area contributed by atoms with Crippen LogP contribution >= 0.6 is 0 Å². The van der Waals surface area contributed by atoms with Crippen LogP contribution in [0.5, 0.6) is 0 Å². The van der Waals surface area contributed by atoms with E-state index in [1.807, 2.05) is 0 Å².